The van der Waals surface area contributed by atoms with Gasteiger partial charge in [-0.1, -0.05) is 52.9 Å². The Morgan fingerprint density at radius 1 is 1.23 bits per heavy atom. The molecule has 3 rings (SSSR count). The van der Waals surface area contributed by atoms with Crippen LogP contribution < -0.4 is 4.31 Å². The normalized spacial score (nSPS) is 17.4. The number of aryl methyl sites for hydroxylation is 2. The summed E-state index contributed by atoms with van der Waals surface area (Å²) in [5.74, 6) is 5.49. The Morgan fingerprint density at radius 3 is 2.67 bits per heavy atom. The van der Waals surface area contributed by atoms with E-state index in [0.717, 1.165) is 48.4 Å². The smallest absolute Gasteiger partial charge is 0.100 e. The molecule has 1 heterocycles. The molecule has 0 saturated carbocycles. The Kier molecular flexibility index (Phi) is 7.36. The molecule has 162 valence electrons. The van der Waals surface area contributed by atoms with Crippen molar-refractivity contribution in [2.45, 2.75) is 76.3 Å². The van der Waals surface area contributed by atoms with Gasteiger partial charge in [-0.05, 0) is 88.8 Å². The Labute approximate surface area is 190 Å². The van der Waals surface area contributed by atoms with Crippen molar-refractivity contribution in [1.29, 1.82) is 0 Å². The van der Waals surface area contributed by atoms with Crippen LogP contribution in [0, 0.1) is 6.92 Å². The molecule has 0 radical (unpaired) electrons. The van der Waals surface area contributed by atoms with Crippen molar-refractivity contribution in [3.63, 3.8) is 0 Å². The van der Waals surface area contributed by atoms with Crippen LogP contribution in [0.3, 0.4) is 0 Å². The molecule has 1 aliphatic heterocycles. The maximum absolute atomic E-state index is 6.27. The van der Waals surface area contributed by atoms with Gasteiger partial charge in [0.15, 0.2) is 0 Å². The predicted octanol–water partition coefficient (Wildman–Crippen LogP) is 7.94. The first-order valence-electron chi connectivity index (χ1n) is 10.7. The zero-order valence-electron chi connectivity index (χ0n) is 18.7. The molecule has 0 aromatic heterocycles. The van der Waals surface area contributed by atoms with Crippen molar-refractivity contribution >= 4 is 33.8 Å². The molecule has 2 unspecified atom stereocenters. The van der Waals surface area contributed by atoms with Crippen LogP contribution in [0.25, 0.3) is 0 Å². The summed E-state index contributed by atoms with van der Waals surface area (Å²) >= 11 is 6.27. The van der Waals surface area contributed by atoms with Crippen LogP contribution in [-0.2, 0) is 11.2 Å². The lowest BCUT2D eigenvalue weighted by Crippen LogP contribution is -2.35. The van der Waals surface area contributed by atoms with Gasteiger partial charge in [0.1, 0.15) is 5.60 Å². The van der Waals surface area contributed by atoms with Crippen LogP contribution in [0.2, 0.25) is 5.02 Å². The molecule has 0 amide bonds. The second-order valence-corrected chi connectivity index (χ2v) is 11.1. The molecule has 2 atom stereocenters. The van der Waals surface area contributed by atoms with E-state index in [-0.39, 0.29) is 16.3 Å². The van der Waals surface area contributed by atoms with E-state index < -0.39 is 0 Å². The second-order valence-electron chi connectivity index (χ2n) is 9.07. The molecular formula is C26H34ClNOS. The number of anilines is 1. The molecule has 2 nitrogen and oxygen atoms in total. The van der Waals surface area contributed by atoms with Gasteiger partial charge in [-0.2, -0.15) is 0 Å². The van der Waals surface area contributed by atoms with E-state index >= 15 is 0 Å². The van der Waals surface area contributed by atoms with Gasteiger partial charge in [0.05, 0.1) is 11.4 Å². The van der Waals surface area contributed by atoms with E-state index in [1.807, 2.05) is 6.07 Å². The third kappa shape index (κ3) is 5.70. The minimum atomic E-state index is -0.289. The highest BCUT2D eigenvalue weighted by Crippen LogP contribution is 2.43. The zero-order valence-corrected chi connectivity index (χ0v) is 20.3. The lowest BCUT2D eigenvalue weighted by atomic mass is 9.95. The predicted molar refractivity (Wildman–Crippen MR) is 134 cm³/mol. The quantitative estimate of drug-likeness (QED) is 0.318. The third-order valence-corrected chi connectivity index (χ3v) is 7.58. The number of fused-ring (bicyclic) bond motifs is 1. The maximum Gasteiger partial charge on any atom is 0.100 e. The molecule has 4 heteroatoms. The average Bonchev–Trinajstić information content (AvgIpc) is 2.68. The minimum absolute atomic E-state index is 0.181. The van der Waals surface area contributed by atoms with Crippen LogP contribution in [-0.4, -0.2) is 17.5 Å². The van der Waals surface area contributed by atoms with Crippen LogP contribution >= 0.6 is 22.3 Å². The SMILES string of the molecule is C=C(CCCC1CCc2ccccc2N1S(=C)c1ccc(Cl)c(C)c1)OC(C)(C)C. The van der Waals surface area contributed by atoms with Crippen LogP contribution in [0.1, 0.15) is 57.6 Å². The number of para-hydroxylation sites is 1. The van der Waals surface area contributed by atoms with E-state index in [4.69, 9.17) is 16.3 Å². The first-order chi connectivity index (χ1) is 14.2. The fourth-order valence-corrected chi connectivity index (χ4v) is 5.90. The summed E-state index contributed by atoms with van der Waals surface area (Å²) in [7, 11) is -0.289. The van der Waals surface area contributed by atoms with E-state index in [1.54, 1.807) is 0 Å². The molecule has 1 aliphatic rings. The number of benzene rings is 2. The standard InChI is InChI=1S/C26H34ClNOS/c1-19-18-23(16-17-24(19)27)30(6)28-22(12-9-10-20(2)29-26(3,4)5)15-14-21-11-7-8-13-25(21)28/h7-8,11,13,16-18,22H,2,6,9-10,12,14-15H2,1,3-5H3. The number of hydrogen-bond acceptors (Lipinski definition) is 2. The van der Waals surface area contributed by atoms with Crippen LogP contribution in [0.4, 0.5) is 5.69 Å². The lowest BCUT2D eigenvalue weighted by molar-refractivity contribution is 0.0472. The average molecular weight is 444 g/mol. The summed E-state index contributed by atoms with van der Waals surface area (Å²) < 4.78 is 8.47. The van der Waals surface area contributed by atoms with E-state index in [0.29, 0.717) is 6.04 Å². The molecule has 30 heavy (non-hydrogen) atoms. The first-order valence-corrected chi connectivity index (χ1v) is 12.4. The molecule has 2 aromatic carbocycles. The van der Waals surface area contributed by atoms with Gasteiger partial charge >= 0.3 is 0 Å². The van der Waals surface area contributed by atoms with Crippen molar-refractivity contribution in [3.05, 3.63) is 71.0 Å². The van der Waals surface area contributed by atoms with Gasteiger partial charge in [-0.15, -0.1) is 0 Å². The number of allylic oxidation sites excluding steroid dienone is 1. The summed E-state index contributed by atoms with van der Waals surface area (Å²) in [5, 5.41) is 0.809. The first kappa shape index (κ1) is 23.0. The van der Waals surface area contributed by atoms with E-state index in [2.05, 4.69) is 80.8 Å². The molecule has 0 N–H and O–H groups in total. The summed E-state index contributed by atoms with van der Waals surface area (Å²) in [6.07, 6.45) is 5.33. The minimum Gasteiger partial charge on any atom is -0.493 e. The molecule has 2 aromatic rings. The fraction of sp³-hybridized carbons (Fsp3) is 0.423. The van der Waals surface area contributed by atoms with Gasteiger partial charge < -0.3 is 9.04 Å². The van der Waals surface area contributed by atoms with Gasteiger partial charge in [0.2, 0.25) is 0 Å². The summed E-state index contributed by atoms with van der Waals surface area (Å²) in [5.41, 5.74) is 3.66. The number of hydrogen-bond donors (Lipinski definition) is 0. The summed E-state index contributed by atoms with van der Waals surface area (Å²) in [4.78, 5) is 1.24. The van der Waals surface area contributed by atoms with Crippen LogP contribution in [0.15, 0.2) is 59.7 Å². The molecule has 0 saturated heterocycles. The highest BCUT2D eigenvalue weighted by atomic mass is 35.5. The molecular weight excluding hydrogens is 410 g/mol. The van der Waals surface area contributed by atoms with Gasteiger partial charge in [0.25, 0.3) is 0 Å². The Hall–Kier alpha value is -1.71. The zero-order chi connectivity index (χ0) is 21.9. The fourth-order valence-electron chi connectivity index (χ4n) is 4.03. The highest BCUT2D eigenvalue weighted by Gasteiger charge is 2.28. The molecule has 0 fully saturated rings. The van der Waals surface area contributed by atoms with Crippen molar-refractivity contribution in [1.82, 2.24) is 0 Å². The van der Waals surface area contributed by atoms with Crippen molar-refractivity contribution < 1.29 is 4.74 Å². The van der Waals surface area contributed by atoms with Crippen molar-refractivity contribution in [2.75, 3.05) is 4.31 Å². The highest BCUT2D eigenvalue weighted by molar-refractivity contribution is 8.15. The van der Waals surface area contributed by atoms with Gasteiger partial charge in [0, 0.05) is 22.4 Å². The van der Waals surface area contributed by atoms with Crippen molar-refractivity contribution in [3.8, 4) is 0 Å². The van der Waals surface area contributed by atoms with Crippen LogP contribution in [0.5, 0.6) is 0 Å². The molecule has 0 bridgehead atoms. The lowest BCUT2D eigenvalue weighted by Gasteiger charge is -2.40. The topological polar surface area (TPSA) is 12.5 Å². The molecule has 0 spiro atoms. The summed E-state index contributed by atoms with van der Waals surface area (Å²) in [6.45, 7) is 12.4. The number of nitrogens with zero attached hydrogens (tertiary/aromatic N) is 1. The van der Waals surface area contributed by atoms with E-state index in [1.165, 1.54) is 16.1 Å². The number of ether oxygens (including phenoxy) is 1. The number of rotatable bonds is 7. The maximum atomic E-state index is 6.27. The monoisotopic (exact) mass is 443 g/mol. The number of halogens is 1. The largest absolute Gasteiger partial charge is 0.493 e. The molecule has 0 aliphatic carbocycles. The van der Waals surface area contributed by atoms with Gasteiger partial charge in [-0.3, -0.25) is 0 Å². The third-order valence-electron chi connectivity index (χ3n) is 5.39. The Bertz CT molecular complexity index is 931. The van der Waals surface area contributed by atoms with Gasteiger partial charge in [-0.25, -0.2) is 0 Å². The summed E-state index contributed by atoms with van der Waals surface area (Å²) in [6, 6.07) is 15.5. The van der Waals surface area contributed by atoms with E-state index in [9.17, 15) is 0 Å². The Morgan fingerprint density at radius 2 is 1.97 bits per heavy atom. The Balaban J connectivity index is 1.79. The second kappa shape index (κ2) is 9.62. The van der Waals surface area contributed by atoms with Crippen molar-refractivity contribution in [2.24, 2.45) is 0 Å².